The molecule has 2 aromatic rings. The second kappa shape index (κ2) is 9.39. The fourth-order valence-electron chi connectivity index (χ4n) is 1.94. The van der Waals surface area contributed by atoms with Gasteiger partial charge in [-0.3, -0.25) is 9.59 Å². The summed E-state index contributed by atoms with van der Waals surface area (Å²) in [4.78, 5) is 25.7. The number of aryl methyl sites for hydroxylation is 1. The van der Waals surface area contributed by atoms with E-state index >= 15 is 0 Å². The van der Waals surface area contributed by atoms with Crippen molar-refractivity contribution in [2.45, 2.75) is 16.7 Å². The van der Waals surface area contributed by atoms with Crippen molar-refractivity contribution in [1.29, 1.82) is 0 Å². The van der Waals surface area contributed by atoms with Crippen LogP contribution in [0.25, 0.3) is 0 Å². The molecule has 0 unspecified atom stereocenters. The van der Waals surface area contributed by atoms with E-state index in [1.54, 1.807) is 17.8 Å². The van der Waals surface area contributed by atoms with Crippen molar-refractivity contribution in [2.75, 3.05) is 23.9 Å². The average molecular weight is 361 g/mol. The summed E-state index contributed by atoms with van der Waals surface area (Å²) >= 11 is 3.00. The Morgan fingerprint density at radius 1 is 1.12 bits per heavy atom. The molecule has 126 valence electrons. The molecular weight excluding hydrogens is 342 g/mol. The minimum atomic E-state index is -0.406. The molecule has 0 heterocycles. The third kappa shape index (κ3) is 5.94. The van der Waals surface area contributed by atoms with Crippen LogP contribution in [0.2, 0.25) is 0 Å². The number of amides is 1. The molecule has 1 amide bonds. The minimum Gasteiger partial charge on any atom is -0.455 e. The zero-order chi connectivity index (χ0) is 17.4. The highest BCUT2D eigenvalue weighted by molar-refractivity contribution is 8.00. The number of thioether (sulfide) groups is 2. The van der Waals surface area contributed by atoms with Gasteiger partial charge in [-0.2, -0.15) is 0 Å². The third-order valence-electron chi connectivity index (χ3n) is 3.16. The van der Waals surface area contributed by atoms with E-state index in [9.17, 15) is 9.59 Å². The van der Waals surface area contributed by atoms with Gasteiger partial charge in [0.25, 0.3) is 5.91 Å². The largest absolute Gasteiger partial charge is 0.455 e. The first-order valence-corrected chi connectivity index (χ1v) is 9.57. The third-order valence-corrected chi connectivity index (χ3v) is 5.03. The quantitative estimate of drug-likeness (QED) is 0.597. The number of rotatable bonds is 7. The van der Waals surface area contributed by atoms with Crippen molar-refractivity contribution in [3.05, 3.63) is 54.1 Å². The maximum Gasteiger partial charge on any atom is 0.316 e. The summed E-state index contributed by atoms with van der Waals surface area (Å²) < 4.78 is 5.02. The second-order valence-electron chi connectivity index (χ2n) is 4.99. The number of anilines is 1. The summed E-state index contributed by atoms with van der Waals surface area (Å²) in [7, 11) is 0. The molecule has 2 aromatic carbocycles. The summed E-state index contributed by atoms with van der Waals surface area (Å²) in [5, 5.41) is 2.72. The standard InChI is InChI=1S/C18H19NO3S2/c1-13-6-3-4-9-16(13)24-12-18(21)22-11-17(20)19-14-7-5-8-15(10-14)23-2/h3-10H,11-12H2,1-2H3,(H,19,20). The highest BCUT2D eigenvalue weighted by Gasteiger charge is 2.09. The molecule has 2 rings (SSSR count). The Bertz CT molecular complexity index is 719. The molecule has 0 aliphatic carbocycles. The maximum atomic E-state index is 11.8. The Kier molecular flexibility index (Phi) is 7.21. The highest BCUT2D eigenvalue weighted by atomic mass is 32.2. The normalized spacial score (nSPS) is 10.2. The van der Waals surface area contributed by atoms with Gasteiger partial charge in [0.2, 0.25) is 0 Å². The zero-order valence-corrected chi connectivity index (χ0v) is 15.2. The van der Waals surface area contributed by atoms with Gasteiger partial charge in [0.05, 0.1) is 5.75 Å². The molecule has 0 radical (unpaired) electrons. The van der Waals surface area contributed by atoms with Crippen molar-refractivity contribution in [2.24, 2.45) is 0 Å². The van der Waals surface area contributed by atoms with Crippen LogP contribution in [0.3, 0.4) is 0 Å². The van der Waals surface area contributed by atoms with Gasteiger partial charge in [0.15, 0.2) is 6.61 Å². The van der Waals surface area contributed by atoms with Crippen LogP contribution in [0, 0.1) is 6.92 Å². The molecule has 0 atom stereocenters. The van der Waals surface area contributed by atoms with Gasteiger partial charge < -0.3 is 10.1 Å². The molecule has 24 heavy (non-hydrogen) atoms. The van der Waals surface area contributed by atoms with Crippen molar-refractivity contribution < 1.29 is 14.3 Å². The summed E-state index contributed by atoms with van der Waals surface area (Å²) in [5.41, 5.74) is 1.80. The SMILES string of the molecule is CSc1cccc(NC(=O)COC(=O)CSc2ccccc2C)c1. The van der Waals surface area contributed by atoms with E-state index in [2.05, 4.69) is 5.32 Å². The van der Waals surface area contributed by atoms with Crippen LogP contribution >= 0.6 is 23.5 Å². The summed E-state index contributed by atoms with van der Waals surface area (Å²) in [6, 6.07) is 15.3. The molecule has 0 aliphatic heterocycles. The van der Waals surface area contributed by atoms with Crippen LogP contribution < -0.4 is 5.32 Å². The van der Waals surface area contributed by atoms with Crippen molar-refractivity contribution in [3.63, 3.8) is 0 Å². The minimum absolute atomic E-state index is 0.181. The highest BCUT2D eigenvalue weighted by Crippen LogP contribution is 2.22. The van der Waals surface area contributed by atoms with Gasteiger partial charge >= 0.3 is 5.97 Å². The van der Waals surface area contributed by atoms with Crippen LogP contribution in [-0.2, 0) is 14.3 Å². The first-order chi connectivity index (χ1) is 11.6. The molecular formula is C18H19NO3S2. The molecule has 1 N–H and O–H groups in total. The summed E-state index contributed by atoms with van der Waals surface area (Å²) in [5.74, 6) is -0.570. The number of carbonyl (C=O) groups excluding carboxylic acids is 2. The number of hydrogen-bond acceptors (Lipinski definition) is 5. The molecule has 0 fully saturated rings. The Hall–Kier alpha value is -1.92. The lowest BCUT2D eigenvalue weighted by Crippen LogP contribution is -2.21. The van der Waals surface area contributed by atoms with Crippen LogP contribution in [-0.4, -0.2) is 30.5 Å². The predicted molar refractivity (Wildman–Crippen MR) is 99.7 cm³/mol. The molecule has 0 saturated heterocycles. The lowest BCUT2D eigenvalue weighted by Gasteiger charge is -2.08. The van der Waals surface area contributed by atoms with Crippen molar-refractivity contribution >= 4 is 41.1 Å². The lowest BCUT2D eigenvalue weighted by molar-refractivity contribution is -0.144. The first-order valence-electron chi connectivity index (χ1n) is 7.36. The van der Waals surface area contributed by atoms with Gasteiger partial charge in [0.1, 0.15) is 0 Å². The van der Waals surface area contributed by atoms with Gasteiger partial charge in [-0.1, -0.05) is 24.3 Å². The van der Waals surface area contributed by atoms with Crippen LogP contribution in [0.4, 0.5) is 5.69 Å². The van der Waals surface area contributed by atoms with Gasteiger partial charge in [-0.15, -0.1) is 23.5 Å². The van der Waals surface area contributed by atoms with Crippen LogP contribution in [0.5, 0.6) is 0 Å². The molecule has 0 aliphatic rings. The Morgan fingerprint density at radius 2 is 1.92 bits per heavy atom. The summed E-state index contributed by atoms with van der Waals surface area (Å²) in [6.45, 7) is 1.71. The van der Waals surface area contributed by atoms with E-state index < -0.39 is 5.97 Å². The smallest absolute Gasteiger partial charge is 0.316 e. The van der Waals surface area contributed by atoms with Crippen LogP contribution in [0.1, 0.15) is 5.56 Å². The van der Waals surface area contributed by atoms with Gasteiger partial charge in [-0.05, 0) is 43.0 Å². The van der Waals surface area contributed by atoms with E-state index in [1.807, 2.05) is 55.6 Å². The number of benzene rings is 2. The van der Waals surface area contributed by atoms with E-state index in [1.165, 1.54) is 11.8 Å². The number of carbonyl (C=O) groups is 2. The summed E-state index contributed by atoms with van der Waals surface area (Å²) in [6.07, 6.45) is 1.97. The zero-order valence-electron chi connectivity index (χ0n) is 13.6. The van der Waals surface area contributed by atoms with Gasteiger partial charge in [-0.25, -0.2) is 0 Å². The van der Waals surface area contributed by atoms with E-state index in [0.29, 0.717) is 5.69 Å². The topological polar surface area (TPSA) is 55.4 Å². The average Bonchev–Trinajstić information content (AvgIpc) is 2.59. The number of ether oxygens (including phenoxy) is 1. The van der Waals surface area contributed by atoms with Crippen LogP contribution in [0.15, 0.2) is 58.3 Å². The first kappa shape index (κ1) is 18.4. The monoisotopic (exact) mass is 361 g/mol. The maximum absolute atomic E-state index is 11.8. The van der Waals surface area contributed by atoms with E-state index in [4.69, 9.17) is 4.74 Å². The molecule has 4 nitrogen and oxygen atoms in total. The molecule has 0 spiro atoms. The fourth-order valence-corrected chi connectivity index (χ4v) is 3.23. The van der Waals surface area contributed by atoms with Crippen molar-refractivity contribution in [3.8, 4) is 0 Å². The number of nitrogens with one attached hydrogen (secondary N) is 1. The van der Waals surface area contributed by atoms with E-state index in [-0.39, 0.29) is 18.3 Å². The number of esters is 1. The molecule has 0 saturated carbocycles. The van der Waals surface area contributed by atoms with Crippen molar-refractivity contribution in [1.82, 2.24) is 0 Å². The molecule has 6 heteroatoms. The van der Waals surface area contributed by atoms with Gasteiger partial charge in [0, 0.05) is 15.5 Å². The lowest BCUT2D eigenvalue weighted by atomic mass is 10.2. The molecule has 0 aromatic heterocycles. The Labute approximate surface area is 150 Å². The second-order valence-corrected chi connectivity index (χ2v) is 6.89. The Morgan fingerprint density at radius 3 is 2.67 bits per heavy atom. The molecule has 0 bridgehead atoms. The predicted octanol–water partition coefficient (Wildman–Crippen LogP) is 3.99. The number of hydrogen-bond donors (Lipinski definition) is 1. The fraction of sp³-hybridized carbons (Fsp3) is 0.222. The van der Waals surface area contributed by atoms with E-state index in [0.717, 1.165) is 15.4 Å². The Balaban J connectivity index is 1.75.